The summed E-state index contributed by atoms with van der Waals surface area (Å²) in [5, 5.41) is 0.475. The minimum Gasteiger partial charge on any atom is -0.439 e. The summed E-state index contributed by atoms with van der Waals surface area (Å²) in [6, 6.07) is 13.2. The molecule has 0 amide bonds. The predicted octanol–water partition coefficient (Wildman–Crippen LogP) is 6.09. The number of rotatable bonds is 7. The van der Waals surface area contributed by atoms with Gasteiger partial charge in [0.2, 0.25) is 15.9 Å². The molecule has 1 aromatic heterocycles. The molecule has 0 aliphatic heterocycles. The average molecular weight is 465 g/mol. The number of pyridine rings is 1. The molecule has 1 unspecified atom stereocenters. The largest absolute Gasteiger partial charge is 0.439 e. The van der Waals surface area contributed by atoms with Gasteiger partial charge in [-0.25, -0.2) is 18.1 Å². The molecule has 0 radical (unpaired) electrons. The van der Waals surface area contributed by atoms with E-state index in [1.165, 1.54) is 18.2 Å². The number of ether oxygens (including phenoxy) is 1. The molecule has 2 aromatic carbocycles. The Morgan fingerprint density at radius 3 is 2.40 bits per heavy atom. The highest BCUT2D eigenvalue weighted by atomic mass is 35.5. The molecular formula is C22H22Cl2N2O3S. The van der Waals surface area contributed by atoms with E-state index in [9.17, 15) is 8.42 Å². The number of sulfonamides is 1. The normalized spacial score (nSPS) is 12.6. The summed E-state index contributed by atoms with van der Waals surface area (Å²) in [6.07, 6.45) is 2.24. The molecule has 1 heterocycles. The summed E-state index contributed by atoms with van der Waals surface area (Å²) in [6.45, 7) is 5.75. The maximum atomic E-state index is 12.8. The van der Waals surface area contributed by atoms with Gasteiger partial charge in [0, 0.05) is 17.8 Å². The second-order valence-electron chi connectivity index (χ2n) is 6.87. The quantitative estimate of drug-likeness (QED) is 0.459. The van der Waals surface area contributed by atoms with Crippen molar-refractivity contribution in [2.24, 2.45) is 0 Å². The van der Waals surface area contributed by atoms with E-state index in [4.69, 9.17) is 27.9 Å². The molecule has 3 rings (SSSR count). The molecule has 0 fully saturated rings. The fourth-order valence-electron chi connectivity index (χ4n) is 3.06. The molecule has 0 aliphatic carbocycles. The molecule has 30 heavy (non-hydrogen) atoms. The van der Waals surface area contributed by atoms with Crippen LogP contribution in [0.5, 0.6) is 11.6 Å². The van der Waals surface area contributed by atoms with E-state index in [1.54, 1.807) is 19.2 Å². The summed E-state index contributed by atoms with van der Waals surface area (Å²) in [5.41, 5.74) is 2.76. The van der Waals surface area contributed by atoms with Crippen molar-refractivity contribution in [1.82, 2.24) is 9.71 Å². The lowest BCUT2D eigenvalue weighted by molar-refractivity contribution is 0.454. The number of aromatic nitrogens is 1. The van der Waals surface area contributed by atoms with Crippen molar-refractivity contribution in [1.29, 1.82) is 0 Å². The fraction of sp³-hybridized carbons (Fsp3) is 0.227. The zero-order chi connectivity index (χ0) is 21.9. The summed E-state index contributed by atoms with van der Waals surface area (Å²) in [4.78, 5) is 4.40. The Bertz CT molecular complexity index is 1150. The molecular weight excluding hydrogens is 443 g/mol. The Labute approximate surface area is 187 Å². The number of hydrogen-bond acceptors (Lipinski definition) is 4. The number of nitrogens with zero attached hydrogens (tertiary/aromatic N) is 1. The molecule has 0 bridgehead atoms. The van der Waals surface area contributed by atoms with Gasteiger partial charge in [0.25, 0.3) is 0 Å². The number of halogens is 2. The summed E-state index contributed by atoms with van der Waals surface area (Å²) in [7, 11) is -3.80. The summed E-state index contributed by atoms with van der Waals surface area (Å²) < 4.78 is 34.3. The lowest BCUT2D eigenvalue weighted by Gasteiger charge is -2.19. The van der Waals surface area contributed by atoms with E-state index in [2.05, 4.69) is 9.71 Å². The Balaban J connectivity index is 1.88. The smallest absolute Gasteiger partial charge is 0.241 e. The number of benzene rings is 2. The monoisotopic (exact) mass is 464 g/mol. The van der Waals surface area contributed by atoms with Gasteiger partial charge in [0.05, 0.1) is 14.9 Å². The predicted molar refractivity (Wildman–Crippen MR) is 120 cm³/mol. The number of nitrogens with one attached hydrogen (secondary N) is 1. The SMILES string of the molecule is CCc1c(C(C)NS(=O)(=O)c2ccc(Cl)c(Cl)c2)ccnc1Oc1ccc(C)cc1. The van der Waals surface area contributed by atoms with Crippen LogP contribution in [0.4, 0.5) is 0 Å². The van der Waals surface area contributed by atoms with Crippen LogP contribution < -0.4 is 9.46 Å². The van der Waals surface area contributed by atoms with Crippen molar-refractivity contribution in [3.8, 4) is 11.6 Å². The highest BCUT2D eigenvalue weighted by Gasteiger charge is 2.22. The molecule has 3 aromatic rings. The third kappa shape index (κ3) is 5.13. The number of hydrogen-bond donors (Lipinski definition) is 1. The maximum Gasteiger partial charge on any atom is 0.241 e. The Morgan fingerprint density at radius 2 is 1.77 bits per heavy atom. The van der Waals surface area contributed by atoms with Crippen LogP contribution in [-0.2, 0) is 16.4 Å². The highest BCUT2D eigenvalue weighted by molar-refractivity contribution is 7.89. The van der Waals surface area contributed by atoms with Gasteiger partial charge in [-0.15, -0.1) is 0 Å². The van der Waals surface area contributed by atoms with Crippen LogP contribution in [0, 0.1) is 6.92 Å². The van der Waals surface area contributed by atoms with E-state index in [0.29, 0.717) is 23.1 Å². The van der Waals surface area contributed by atoms with Crippen LogP contribution in [0.3, 0.4) is 0 Å². The van der Waals surface area contributed by atoms with Gasteiger partial charge in [0.15, 0.2) is 0 Å². The van der Waals surface area contributed by atoms with Gasteiger partial charge in [-0.1, -0.05) is 47.8 Å². The lowest BCUT2D eigenvalue weighted by Crippen LogP contribution is -2.27. The van der Waals surface area contributed by atoms with Gasteiger partial charge in [-0.05, 0) is 62.2 Å². The fourth-order valence-corrected chi connectivity index (χ4v) is 4.67. The van der Waals surface area contributed by atoms with Crippen LogP contribution in [-0.4, -0.2) is 13.4 Å². The van der Waals surface area contributed by atoms with Crippen molar-refractivity contribution in [3.05, 3.63) is 81.5 Å². The standard InChI is InChI=1S/C22H22Cl2N2O3S/c1-4-18-19(11-12-25-22(18)29-16-7-5-14(2)6-8-16)15(3)26-30(27,28)17-9-10-20(23)21(24)13-17/h5-13,15,26H,4H2,1-3H3. The molecule has 0 aliphatic rings. The van der Waals surface area contributed by atoms with Gasteiger partial charge in [-0.3, -0.25) is 0 Å². The molecule has 5 nitrogen and oxygen atoms in total. The molecule has 8 heteroatoms. The molecule has 1 N–H and O–H groups in total. The second kappa shape index (κ2) is 9.35. The van der Waals surface area contributed by atoms with E-state index in [0.717, 1.165) is 16.7 Å². The van der Waals surface area contributed by atoms with Crippen LogP contribution >= 0.6 is 23.2 Å². The van der Waals surface area contributed by atoms with Crippen LogP contribution in [0.2, 0.25) is 10.0 Å². The first kappa shape index (κ1) is 22.6. The Hall–Kier alpha value is -2.12. The van der Waals surface area contributed by atoms with Crippen molar-refractivity contribution < 1.29 is 13.2 Å². The van der Waals surface area contributed by atoms with Crippen LogP contribution in [0.1, 0.15) is 36.6 Å². The first-order valence-electron chi connectivity index (χ1n) is 9.41. The first-order chi connectivity index (χ1) is 14.2. The lowest BCUT2D eigenvalue weighted by atomic mass is 10.0. The van der Waals surface area contributed by atoms with E-state index >= 15 is 0 Å². The topological polar surface area (TPSA) is 68.3 Å². The Kier molecular flexibility index (Phi) is 7.03. The van der Waals surface area contributed by atoms with Gasteiger partial charge < -0.3 is 4.74 Å². The molecule has 0 saturated carbocycles. The van der Waals surface area contributed by atoms with Crippen molar-refractivity contribution in [3.63, 3.8) is 0 Å². The zero-order valence-corrected chi connectivity index (χ0v) is 19.1. The number of aryl methyl sites for hydroxylation is 1. The van der Waals surface area contributed by atoms with Crippen molar-refractivity contribution in [2.45, 2.75) is 38.1 Å². The van der Waals surface area contributed by atoms with E-state index in [1.807, 2.05) is 38.1 Å². The van der Waals surface area contributed by atoms with E-state index in [-0.39, 0.29) is 9.92 Å². The Morgan fingerprint density at radius 1 is 1.07 bits per heavy atom. The van der Waals surface area contributed by atoms with Crippen molar-refractivity contribution >= 4 is 33.2 Å². The third-order valence-electron chi connectivity index (χ3n) is 4.64. The first-order valence-corrected chi connectivity index (χ1v) is 11.6. The highest BCUT2D eigenvalue weighted by Crippen LogP contribution is 2.31. The van der Waals surface area contributed by atoms with Crippen LogP contribution in [0.25, 0.3) is 0 Å². The average Bonchev–Trinajstić information content (AvgIpc) is 2.71. The minimum atomic E-state index is -3.80. The van der Waals surface area contributed by atoms with Gasteiger partial charge in [-0.2, -0.15) is 0 Å². The zero-order valence-electron chi connectivity index (χ0n) is 16.8. The molecule has 0 saturated heterocycles. The van der Waals surface area contributed by atoms with Gasteiger partial charge >= 0.3 is 0 Å². The third-order valence-corrected chi connectivity index (χ3v) is 6.92. The summed E-state index contributed by atoms with van der Waals surface area (Å²) in [5.74, 6) is 1.13. The minimum absolute atomic E-state index is 0.0481. The molecule has 158 valence electrons. The van der Waals surface area contributed by atoms with Crippen LogP contribution in [0.15, 0.2) is 59.6 Å². The van der Waals surface area contributed by atoms with Crippen molar-refractivity contribution in [2.75, 3.05) is 0 Å². The van der Waals surface area contributed by atoms with E-state index < -0.39 is 16.1 Å². The summed E-state index contributed by atoms with van der Waals surface area (Å²) >= 11 is 11.9. The molecule has 0 spiro atoms. The molecule has 1 atom stereocenters. The second-order valence-corrected chi connectivity index (χ2v) is 9.40. The maximum absolute atomic E-state index is 12.8. The van der Waals surface area contributed by atoms with Gasteiger partial charge in [0.1, 0.15) is 5.75 Å².